The van der Waals surface area contributed by atoms with Crippen molar-refractivity contribution in [2.24, 2.45) is 0 Å². The average Bonchev–Trinajstić information content (AvgIpc) is 3.47. The van der Waals surface area contributed by atoms with Gasteiger partial charge in [-0.3, -0.25) is 0 Å². The minimum atomic E-state index is 1.07. The smallest absolute Gasteiger partial charge is 0.0349 e. The Kier molecular flexibility index (Phi) is 3.94. The van der Waals surface area contributed by atoms with Crippen molar-refractivity contribution in [3.63, 3.8) is 0 Å². The summed E-state index contributed by atoms with van der Waals surface area (Å²) in [5.74, 6) is 0. The lowest BCUT2D eigenvalue weighted by atomic mass is 9.98. The molecule has 0 saturated carbocycles. The molecule has 2 heterocycles. The molecule has 2 heteroatoms. The summed E-state index contributed by atoms with van der Waals surface area (Å²) in [4.78, 5) is 0. The first-order valence-electron chi connectivity index (χ1n) is 10.4. The van der Waals surface area contributed by atoms with Crippen molar-refractivity contribution in [1.82, 2.24) is 0 Å². The summed E-state index contributed by atoms with van der Waals surface area (Å²) in [6.45, 7) is 4.25. The standard InChI is InChI=1S/C24H14S2.C3H8/c1-3-25-23-11-21-15(5-13(1)23)7-17-9-20-18(10-19(17)21)8-16-6-14-2-4-26-24(14)12-22(16)20;1-3-2/h1-6,9-12H,7-8H2;3H2,1-2H3. The van der Waals surface area contributed by atoms with Gasteiger partial charge in [0.2, 0.25) is 0 Å². The van der Waals surface area contributed by atoms with Crippen LogP contribution in [0.1, 0.15) is 42.5 Å². The van der Waals surface area contributed by atoms with Crippen molar-refractivity contribution in [1.29, 1.82) is 0 Å². The second-order valence-corrected chi connectivity index (χ2v) is 10.1. The first-order valence-corrected chi connectivity index (χ1v) is 12.2. The van der Waals surface area contributed by atoms with Gasteiger partial charge < -0.3 is 0 Å². The minimum Gasteiger partial charge on any atom is -0.144 e. The van der Waals surface area contributed by atoms with Crippen LogP contribution >= 0.6 is 22.7 Å². The van der Waals surface area contributed by atoms with E-state index in [4.69, 9.17) is 0 Å². The first kappa shape index (κ1) is 17.4. The predicted molar refractivity (Wildman–Crippen MR) is 130 cm³/mol. The van der Waals surface area contributed by atoms with E-state index >= 15 is 0 Å². The summed E-state index contributed by atoms with van der Waals surface area (Å²) < 4.78 is 2.81. The van der Waals surface area contributed by atoms with Gasteiger partial charge in [0.1, 0.15) is 0 Å². The fourth-order valence-electron chi connectivity index (χ4n) is 4.80. The number of rotatable bonds is 0. The molecule has 0 unspecified atom stereocenters. The molecule has 142 valence electrons. The molecule has 7 rings (SSSR count). The predicted octanol–water partition coefficient (Wildman–Crippen LogP) is 8.67. The lowest BCUT2D eigenvalue weighted by molar-refractivity contribution is 1.09. The average molecular weight is 411 g/mol. The molecule has 5 aromatic rings. The fraction of sp³-hybridized carbons (Fsp3) is 0.185. The molecule has 3 aromatic carbocycles. The van der Waals surface area contributed by atoms with E-state index in [1.165, 1.54) is 71.1 Å². The summed E-state index contributed by atoms with van der Waals surface area (Å²) in [7, 11) is 0. The molecule has 2 aliphatic rings. The van der Waals surface area contributed by atoms with E-state index in [9.17, 15) is 0 Å². The van der Waals surface area contributed by atoms with Crippen molar-refractivity contribution in [2.75, 3.05) is 0 Å². The van der Waals surface area contributed by atoms with Crippen molar-refractivity contribution >= 4 is 42.8 Å². The first-order chi connectivity index (χ1) is 14.2. The molecule has 0 spiro atoms. The van der Waals surface area contributed by atoms with Gasteiger partial charge in [0.25, 0.3) is 0 Å². The molecule has 0 bridgehead atoms. The Balaban J connectivity index is 0.000000522. The molecule has 0 saturated heterocycles. The van der Waals surface area contributed by atoms with Crippen LogP contribution in [0.5, 0.6) is 0 Å². The Morgan fingerprint density at radius 1 is 0.586 bits per heavy atom. The van der Waals surface area contributed by atoms with Gasteiger partial charge in [-0.1, -0.05) is 20.3 Å². The van der Waals surface area contributed by atoms with Crippen LogP contribution in [0.15, 0.2) is 59.3 Å². The highest BCUT2D eigenvalue weighted by Crippen LogP contribution is 2.47. The Hall–Kier alpha value is -2.42. The van der Waals surface area contributed by atoms with E-state index in [2.05, 4.69) is 73.1 Å². The van der Waals surface area contributed by atoms with Crippen LogP contribution in [-0.2, 0) is 12.8 Å². The van der Waals surface area contributed by atoms with Crippen LogP contribution in [0.2, 0.25) is 0 Å². The molecule has 0 amide bonds. The topological polar surface area (TPSA) is 0 Å². The normalized spacial score (nSPS) is 13.0. The molecule has 2 aromatic heterocycles. The monoisotopic (exact) mass is 410 g/mol. The third kappa shape index (κ3) is 2.63. The van der Waals surface area contributed by atoms with Gasteiger partial charge in [-0.05, 0) is 127 Å². The third-order valence-electron chi connectivity index (χ3n) is 6.03. The van der Waals surface area contributed by atoms with E-state index in [1.54, 1.807) is 0 Å². The number of hydrogen-bond acceptors (Lipinski definition) is 2. The van der Waals surface area contributed by atoms with Crippen LogP contribution in [0.25, 0.3) is 42.4 Å². The highest BCUT2D eigenvalue weighted by molar-refractivity contribution is 7.17. The fourth-order valence-corrected chi connectivity index (χ4v) is 6.42. The summed E-state index contributed by atoms with van der Waals surface area (Å²) in [6, 6.07) is 19.0. The SMILES string of the molecule is CCC.c1cc2cc3c(cc2s1)-c1cc2c(cc1C3)-c1cc3sccc3cc1C2. The van der Waals surface area contributed by atoms with E-state index in [0.29, 0.717) is 0 Å². The number of hydrogen-bond donors (Lipinski definition) is 0. The zero-order chi connectivity index (χ0) is 19.5. The van der Waals surface area contributed by atoms with Gasteiger partial charge in [-0.2, -0.15) is 0 Å². The highest BCUT2D eigenvalue weighted by atomic mass is 32.1. The Bertz CT molecular complexity index is 1290. The van der Waals surface area contributed by atoms with E-state index in [0.717, 1.165) is 12.8 Å². The molecule has 0 radical (unpaired) electrons. The zero-order valence-corrected chi connectivity index (χ0v) is 18.3. The van der Waals surface area contributed by atoms with Crippen molar-refractivity contribution < 1.29 is 0 Å². The Morgan fingerprint density at radius 3 is 1.41 bits per heavy atom. The van der Waals surface area contributed by atoms with Gasteiger partial charge in [0.15, 0.2) is 0 Å². The third-order valence-corrected chi connectivity index (χ3v) is 7.79. The number of thiophene rings is 2. The maximum absolute atomic E-state index is 2.48. The highest BCUT2D eigenvalue weighted by Gasteiger charge is 2.26. The summed E-state index contributed by atoms with van der Waals surface area (Å²) >= 11 is 3.69. The molecule has 2 aliphatic carbocycles. The van der Waals surface area contributed by atoms with Gasteiger partial charge in [0, 0.05) is 9.40 Å². The second-order valence-electron chi connectivity index (χ2n) is 8.16. The second kappa shape index (κ2) is 6.55. The van der Waals surface area contributed by atoms with Crippen LogP contribution in [0, 0.1) is 0 Å². The van der Waals surface area contributed by atoms with Crippen LogP contribution in [-0.4, -0.2) is 0 Å². The summed E-state index contributed by atoms with van der Waals surface area (Å²) in [6.07, 6.45) is 3.39. The quantitative estimate of drug-likeness (QED) is 0.234. The molecule has 0 nitrogen and oxygen atoms in total. The van der Waals surface area contributed by atoms with Crippen molar-refractivity contribution in [3.8, 4) is 22.3 Å². The van der Waals surface area contributed by atoms with E-state index in [1.807, 2.05) is 22.7 Å². The van der Waals surface area contributed by atoms with Crippen LogP contribution in [0.3, 0.4) is 0 Å². The largest absolute Gasteiger partial charge is 0.144 e. The zero-order valence-electron chi connectivity index (χ0n) is 16.7. The molecular formula is C27H22S2. The molecule has 29 heavy (non-hydrogen) atoms. The van der Waals surface area contributed by atoms with Gasteiger partial charge in [0.05, 0.1) is 0 Å². The van der Waals surface area contributed by atoms with Gasteiger partial charge in [-0.15, -0.1) is 22.7 Å². The molecule has 0 N–H and O–H groups in total. The van der Waals surface area contributed by atoms with Gasteiger partial charge >= 0.3 is 0 Å². The number of fused-ring (bicyclic) bond motifs is 8. The van der Waals surface area contributed by atoms with E-state index < -0.39 is 0 Å². The van der Waals surface area contributed by atoms with Crippen molar-refractivity contribution in [2.45, 2.75) is 33.1 Å². The maximum Gasteiger partial charge on any atom is 0.0349 e. The van der Waals surface area contributed by atoms with E-state index in [-0.39, 0.29) is 0 Å². The Labute approximate surface area is 179 Å². The van der Waals surface area contributed by atoms with Crippen LogP contribution in [0.4, 0.5) is 0 Å². The Morgan fingerprint density at radius 2 is 0.966 bits per heavy atom. The molecule has 0 aliphatic heterocycles. The lowest BCUT2D eigenvalue weighted by Crippen LogP contribution is -1.85. The minimum absolute atomic E-state index is 1.07. The van der Waals surface area contributed by atoms with Crippen LogP contribution < -0.4 is 0 Å². The summed E-state index contributed by atoms with van der Waals surface area (Å²) in [5, 5.41) is 7.18. The number of benzene rings is 3. The van der Waals surface area contributed by atoms with Gasteiger partial charge in [-0.25, -0.2) is 0 Å². The lowest BCUT2D eigenvalue weighted by Gasteiger charge is -2.07. The maximum atomic E-state index is 2.48. The van der Waals surface area contributed by atoms with Crippen molar-refractivity contribution in [3.05, 3.63) is 81.5 Å². The molecule has 0 fully saturated rings. The summed E-state index contributed by atoms with van der Waals surface area (Å²) in [5.41, 5.74) is 11.8. The molecular weight excluding hydrogens is 388 g/mol. The molecule has 0 atom stereocenters.